The van der Waals surface area contributed by atoms with Crippen molar-refractivity contribution in [2.75, 3.05) is 6.54 Å². The molecule has 8 heteroatoms. The van der Waals surface area contributed by atoms with E-state index in [-0.39, 0.29) is 11.5 Å². The molecular weight excluding hydrogens is 369 g/mol. The van der Waals surface area contributed by atoms with E-state index in [1.54, 1.807) is 18.3 Å². The maximum absolute atomic E-state index is 13.0. The number of carboxylic acid groups (broad SMARTS) is 1. The lowest BCUT2D eigenvalue weighted by molar-refractivity contribution is -0.141. The van der Waals surface area contributed by atoms with Gasteiger partial charge in [-0.2, -0.15) is 5.10 Å². The lowest BCUT2D eigenvalue weighted by atomic mass is 10.2. The molecule has 0 radical (unpaired) electrons. The van der Waals surface area contributed by atoms with Crippen LogP contribution in [0, 0.1) is 5.82 Å². The Labute approximate surface area is 139 Å². The molecule has 0 unspecified atom stereocenters. The van der Waals surface area contributed by atoms with Crippen molar-refractivity contribution in [3.63, 3.8) is 0 Å². The van der Waals surface area contributed by atoms with Crippen LogP contribution in [0.5, 0.6) is 0 Å². The topological polar surface area (TPSA) is 75.4 Å². The van der Waals surface area contributed by atoms with Crippen LogP contribution in [0.2, 0.25) is 0 Å². The van der Waals surface area contributed by atoms with E-state index in [9.17, 15) is 19.1 Å². The number of carbonyl (C=O) groups excluding carboxylic acids is 1. The van der Waals surface area contributed by atoms with Gasteiger partial charge in [-0.05, 0) is 53.0 Å². The number of benzene rings is 1. The Hall–Kier alpha value is -2.22. The molecule has 1 amide bonds. The minimum Gasteiger partial charge on any atom is -0.480 e. The number of amides is 1. The van der Waals surface area contributed by atoms with Gasteiger partial charge in [-0.25, -0.2) is 13.9 Å². The Kier molecular flexibility index (Phi) is 4.16. The quantitative estimate of drug-likeness (QED) is 0.885. The van der Waals surface area contributed by atoms with Crippen molar-refractivity contribution in [3.8, 4) is 5.69 Å². The molecule has 23 heavy (non-hydrogen) atoms. The average Bonchev–Trinajstić information content (AvgIpc) is 3.14. The largest absolute Gasteiger partial charge is 0.480 e. The summed E-state index contributed by atoms with van der Waals surface area (Å²) in [4.78, 5) is 25.1. The number of rotatable bonds is 3. The molecule has 1 aromatic carbocycles. The Morgan fingerprint density at radius 3 is 2.65 bits per heavy atom. The summed E-state index contributed by atoms with van der Waals surface area (Å²) >= 11 is 3.28. The Balaban J connectivity index is 1.90. The van der Waals surface area contributed by atoms with Gasteiger partial charge in [0.15, 0.2) is 5.69 Å². The van der Waals surface area contributed by atoms with Crippen LogP contribution >= 0.6 is 15.9 Å². The van der Waals surface area contributed by atoms with Crippen molar-refractivity contribution in [2.24, 2.45) is 0 Å². The first kappa shape index (κ1) is 15.7. The van der Waals surface area contributed by atoms with Crippen molar-refractivity contribution in [1.82, 2.24) is 14.7 Å². The molecule has 1 saturated heterocycles. The molecule has 1 aliphatic rings. The lowest BCUT2D eigenvalue weighted by Gasteiger charge is -2.20. The van der Waals surface area contributed by atoms with E-state index >= 15 is 0 Å². The third kappa shape index (κ3) is 2.98. The second-order valence-corrected chi connectivity index (χ2v) is 6.10. The van der Waals surface area contributed by atoms with Crippen molar-refractivity contribution >= 4 is 27.8 Å². The smallest absolute Gasteiger partial charge is 0.326 e. The maximum atomic E-state index is 13.0. The van der Waals surface area contributed by atoms with Crippen LogP contribution in [0.4, 0.5) is 4.39 Å². The summed E-state index contributed by atoms with van der Waals surface area (Å²) < 4.78 is 14.9. The normalized spacial score (nSPS) is 17.5. The zero-order valence-corrected chi connectivity index (χ0v) is 13.5. The summed E-state index contributed by atoms with van der Waals surface area (Å²) in [6.07, 6.45) is 2.68. The molecular formula is C15H13BrFN3O3. The standard InChI is InChI=1S/C15H13BrFN3O3/c16-11-8-20(10-5-3-9(17)4-6-10)18-13(11)14(21)19-7-1-2-12(19)15(22)23/h3-6,8,12H,1-2,7H2,(H,22,23)/t12-/m1/s1. The number of aromatic nitrogens is 2. The van der Waals surface area contributed by atoms with Gasteiger partial charge in [0, 0.05) is 12.7 Å². The van der Waals surface area contributed by atoms with Crippen LogP contribution in [-0.4, -0.2) is 44.3 Å². The van der Waals surface area contributed by atoms with Crippen molar-refractivity contribution in [1.29, 1.82) is 0 Å². The Bertz CT molecular complexity index is 760. The monoisotopic (exact) mass is 381 g/mol. The zero-order valence-electron chi connectivity index (χ0n) is 11.9. The van der Waals surface area contributed by atoms with Gasteiger partial charge < -0.3 is 10.0 Å². The molecule has 0 saturated carbocycles. The lowest BCUT2D eigenvalue weighted by Crippen LogP contribution is -2.40. The SMILES string of the molecule is O=C(O)[C@H]1CCCN1C(=O)c1nn(-c2ccc(F)cc2)cc1Br. The van der Waals surface area contributed by atoms with Crippen molar-refractivity contribution in [3.05, 3.63) is 46.4 Å². The fourth-order valence-corrected chi connectivity index (χ4v) is 3.07. The summed E-state index contributed by atoms with van der Waals surface area (Å²) in [5.74, 6) is -1.80. The van der Waals surface area contributed by atoms with E-state index in [2.05, 4.69) is 21.0 Å². The Morgan fingerprint density at radius 2 is 2.00 bits per heavy atom. The van der Waals surface area contributed by atoms with Gasteiger partial charge in [-0.3, -0.25) is 4.79 Å². The average molecular weight is 382 g/mol. The van der Waals surface area contributed by atoms with Crippen LogP contribution in [-0.2, 0) is 4.79 Å². The molecule has 1 fully saturated rings. The number of aliphatic carboxylic acids is 1. The highest BCUT2D eigenvalue weighted by Gasteiger charge is 2.36. The summed E-state index contributed by atoms with van der Waals surface area (Å²) in [5, 5.41) is 13.4. The van der Waals surface area contributed by atoms with E-state index < -0.39 is 17.9 Å². The van der Waals surface area contributed by atoms with Crippen LogP contribution in [0.25, 0.3) is 5.69 Å². The van der Waals surface area contributed by atoms with Crippen LogP contribution < -0.4 is 0 Å². The molecule has 0 spiro atoms. The van der Waals surface area contributed by atoms with Gasteiger partial charge in [-0.1, -0.05) is 0 Å². The van der Waals surface area contributed by atoms with Gasteiger partial charge in [-0.15, -0.1) is 0 Å². The maximum Gasteiger partial charge on any atom is 0.326 e. The molecule has 1 aliphatic heterocycles. The number of hydrogen-bond acceptors (Lipinski definition) is 3. The highest BCUT2D eigenvalue weighted by molar-refractivity contribution is 9.10. The molecule has 120 valence electrons. The Morgan fingerprint density at radius 1 is 1.30 bits per heavy atom. The molecule has 2 aromatic rings. The minimum absolute atomic E-state index is 0.141. The van der Waals surface area contributed by atoms with Gasteiger partial charge >= 0.3 is 5.97 Å². The van der Waals surface area contributed by atoms with Crippen LogP contribution in [0.3, 0.4) is 0 Å². The molecule has 1 N–H and O–H groups in total. The third-order valence-corrected chi connectivity index (χ3v) is 4.34. The van der Waals surface area contributed by atoms with E-state index in [0.717, 1.165) is 0 Å². The van der Waals surface area contributed by atoms with Crippen molar-refractivity contribution < 1.29 is 19.1 Å². The van der Waals surface area contributed by atoms with E-state index in [0.29, 0.717) is 29.5 Å². The van der Waals surface area contributed by atoms with Crippen molar-refractivity contribution in [2.45, 2.75) is 18.9 Å². The first-order valence-corrected chi connectivity index (χ1v) is 7.81. The molecule has 2 heterocycles. The number of carbonyl (C=O) groups is 2. The fraction of sp³-hybridized carbons (Fsp3) is 0.267. The number of likely N-dealkylation sites (tertiary alicyclic amines) is 1. The zero-order chi connectivity index (χ0) is 16.6. The van der Waals surface area contributed by atoms with E-state index in [4.69, 9.17) is 0 Å². The molecule has 1 atom stereocenters. The molecule has 6 nitrogen and oxygen atoms in total. The van der Waals surface area contributed by atoms with Gasteiger partial charge in [0.2, 0.25) is 0 Å². The second-order valence-electron chi connectivity index (χ2n) is 5.24. The summed E-state index contributed by atoms with van der Waals surface area (Å²) in [5.41, 5.74) is 0.741. The summed E-state index contributed by atoms with van der Waals surface area (Å²) in [6, 6.07) is 4.86. The first-order valence-electron chi connectivity index (χ1n) is 7.02. The molecule has 0 aliphatic carbocycles. The van der Waals surface area contributed by atoms with Crippen LogP contribution in [0.15, 0.2) is 34.9 Å². The highest BCUT2D eigenvalue weighted by Crippen LogP contribution is 2.24. The molecule has 1 aromatic heterocycles. The number of nitrogens with zero attached hydrogens (tertiary/aromatic N) is 3. The van der Waals surface area contributed by atoms with Gasteiger partial charge in [0.1, 0.15) is 11.9 Å². The van der Waals surface area contributed by atoms with E-state index in [1.165, 1.54) is 21.7 Å². The number of halogens is 2. The van der Waals surface area contributed by atoms with E-state index in [1.807, 2.05) is 0 Å². The predicted molar refractivity (Wildman–Crippen MR) is 82.9 cm³/mol. The molecule has 0 bridgehead atoms. The fourth-order valence-electron chi connectivity index (χ4n) is 2.63. The summed E-state index contributed by atoms with van der Waals surface area (Å²) in [6.45, 7) is 0.394. The minimum atomic E-state index is -1.01. The van der Waals surface area contributed by atoms with Gasteiger partial charge in [0.25, 0.3) is 5.91 Å². The number of hydrogen-bond donors (Lipinski definition) is 1. The molecule has 3 rings (SSSR count). The van der Waals surface area contributed by atoms with Gasteiger partial charge in [0.05, 0.1) is 10.2 Å². The number of carboxylic acids is 1. The highest BCUT2D eigenvalue weighted by atomic mass is 79.9. The second kappa shape index (κ2) is 6.11. The third-order valence-electron chi connectivity index (χ3n) is 3.76. The first-order chi connectivity index (χ1) is 11.0. The summed E-state index contributed by atoms with van der Waals surface area (Å²) in [7, 11) is 0. The van der Waals surface area contributed by atoms with Crippen LogP contribution in [0.1, 0.15) is 23.3 Å². The predicted octanol–water partition coefficient (Wildman–Crippen LogP) is 2.46.